The van der Waals surface area contributed by atoms with Crippen LogP contribution in [0.25, 0.3) is 0 Å². The Labute approximate surface area is 87.8 Å². The van der Waals surface area contributed by atoms with Gasteiger partial charge >= 0.3 is 0 Å². The van der Waals surface area contributed by atoms with Crippen molar-refractivity contribution in [2.45, 2.75) is 26.3 Å². The first-order valence-corrected chi connectivity index (χ1v) is 5.70. The number of likely N-dealkylation sites (tertiary alicyclic amines) is 1. The van der Waals surface area contributed by atoms with Gasteiger partial charge in [-0.25, -0.2) is 0 Å². The molecule has 1 aliphatic heterocycles. The fourth-order valence-electron chi connectivity index (χ4n) is 2.51. The summed E-state index contributed by atoms with van der Waals surface area (Å²) in [5.74, 6) is 1.73. The van der Waals surface area contributed by atoms with Crippen molar-refractivity contribution in [3.05, 3.63) is 0 Å². The van der Waals surface area contributed by atoms with Crippen LogP contribution < -0.4 is 11.5 Å². The van der Waals surface area contributed by atoms with Crippen LogP contribution in [0, 0.1) is 17.8 Å². The molecule has 0 aliphatic carbocycles. The lowest BCUT2D eigenvalue weighted by Crippen LogP contribution is -2.44. The average molecular weight is 199 g/mol. The smallest absolute Gasteiger partial charge is 0.0123 e. The minimum atomic E-state index is 0.282. The summed E-state index contributed by atoms with van der Waals surface area (Å²) in [6.45, 7) is 7.49. The molecule has 0 saturated carbocycles. The highest BCUT2D eigenvalue weighted by Gasteiger charge is 2.31. The highest BCUT2D eigenvalue weighted by Crippen LogP contribution is 2.25. The van der Waals surface area contributed by atoms with Gasteiger partial charge < -0.3 is 16.4 Å². The third kappa shape index (κ3) is 2.69. The lowest BCUT2D eigenvalue weighted by molar-refractivity contribution is 0.252. The summed E-state index contributed by atoms with van der Waals surface area (Å²) in [6.07, 6.45) is 1.24. The topological polar surface area (TPSA) is 55.3 Å². The van der Waals surface area contributed by atoms with Gasteiger partial charge in [-0.15, -0.1) is 0 Å². The fraction of sp³-hybridized carbons (Fsp3) is 1.00. The zero-order chi connectivity index (χ0) is 10.7. The molecule has 1 heterocycles. The van der Waals surface area contributed by atoms with Crippen molar-refractivity contribution in [1.29, 1.82) is 0 Å². The second-order valence-electron chi connectivity index (χ2n) is 5.03. The molecule has 0 spiro atoms. The van der Waals surface area contributed by atoms with Gasteiger partial charge in [0.2, 0.25) is 0 Å². The summed E-state index contributed by atoms with van der Waals surface area (Å²) >= 11 is 0. The van der Waals surface area contributed by atoms with E-state index in [1.807, 2.05) is 0 Å². The van der Waals surface area contributed by atoms with Gasteiger partial charge in [-0.3, -0.25) is 0 Å². The molecule has 1 aliphatic rings. The molecule has 0 aromatic carbocycles. The number of nitrogens with zero attached hydrogens (tertiary/aromatic N) is 1. The molecule has 1 rings (SSSR count). The van der Waals surface area contributed by atoms with Crippen LogP contribution in [0.3, 0.4) is 0 Å². The van der Waals surface area contributed by atoms with Crippen LogP contribution in [0.15, 0.2) is 0 Å². The van der Waals surface area contributed by atoms with Gasteiger partial charge in [0.1, 0.15) is 0 Å². The maximum Gasteiger partial charge on any atom is 0.0123 e. The van der Waals surface area contributed by atoms with Gasteiger partial charge in [-0.1, -0.05) is 13.8 Å². The molecule has 3 nitrogen and oxygen atoms in total. The molecule has 0 bridgehead atoms. The normalized spacial score (nSPS) is 28.3. The van der Waals surface area contributed by atoms with Gasteiger partial charge in [0.25, 0.3) is 0 Å². The van der Waals surface area contributed by atoms with Crippen LogP contribution in [-0.4, -0.2) is 37.6 Å². The molecule has 1 fully saturated rings. The van der Waals surface area contributed by atoms with Crippen LogP contribution in [0.4, 0.5) is 0 Å². The zero-order valence-electron chi connectivity index (χ0n) is 9.74. The molecule has 0 radical (unpaired) electrons. The van der Waals surface area contributed by atoms with Gasteiger partial charge in [-0.2, -0.15) is 0 Å². The van der Waals surface area contributed by atoms with Crippen molar-refractivity contribution in [1.82, 2.24) is 4.90 Å². The Morgan fingerprint density at radius 3 is 2.43 bits per heavy atom. The van der Waals surface area contributed by atoms with Crippen molar-refractivity contribution in [3.63, 3.8) is 0 Å². The third-order valence-electron chi connectivity index (χ3n) is 3.59. The standard InChI is InChI=1S/C11H25N3/c1-8(2)10(6-12)11(13)9-4-5-14(3)7-9/h8-11H,4-7,12-13H2,1-3H3. The highest BCUT2D eigenvalue weighted by atomic mass is 15.1. The Hall–Kier alpha value is -0.120. The number of hydrogen-bond donors (Lipinski definition) is 2. The molecule has 14 heavy (non-hydrogen) atoms. The van der Waals surface area contributed by atoms with E-state index in [2.05, 4.69) is 25.8 Å². The Balaban J connectivity index is 2.50. The van der Waals surface area contributed by atoms with E-state index in [1.165, 1.54) is 13.0 Å². The van der Waals surface area contributed by atoms with E-state index in [1.54, 1.807) is 0 Å². The zero-order valence-corrected chi connectivity index (χ0v) is 9.74. The number of hydrogen-bond acceptors (Lipinski definition) is 3. The Bertz CT molecular complexity index is 170. The third-order valence-corrected chi connectivity index (χ3v) is 3.59. The van der Waals surface area contributed by atoms with Gasteiger partial charge in [-0.05, 0) is 44.3 Å². The Morgan fingerprint density at radius 2 is 2.07 bits per heavy atom. The first-order valence-electron chi connectivity index (χ1n) is 5.70. The molecule has 1 saturated heterocycles. The molecule has 0 aromatic heterocycles. The summed E-state index contributed by atoms with van der Waals surface area (Å²) in [6, 6.07) is 0.282. The molecule has 3 unspecified atom stereocenters. The van der Waals surface area contributed by atoms with E-state index >= 15 is 0 Å². The van der Waals surface area contributed by atoms with Crippen molar-refractivity contribution in [2.24, 2.45) is 29.2 Å². The summed E-state index contributed by atoms with van der Waals surface area (Å²) in [5.41, 5.74) is 12.1. The average Bonchev–Trinajstić information content (AvgIpc) is 2.52. The van der Waals surface area contributed by atoms with E-state index in [0.29, 0.717) is 17.8 Å². The van der Waals surface area contributed by atoms with Crippen molar-refractivity contribution in [3.8, 4) is 0 Å². The van der Waals surface area contributed by atoms with E-state index in [9.17, 15) is 0 Å². The predicted molar refractivity (Wildman–Crippen MR) is 61.0 cm³/mol. The van der Waals surface area contributed by atoms with Gasteiger partial charge in [0.05, 0.1) is 0 Å². The number of nitrogens with two attached hydrogens (primary N) is 2. The second-order valence-corrected chi connectivity index (χ2v) is 5.03. The van der Waals surface area contributed by atoms with E-state index in [0.717, 1.165) is 13.1 Å². The van der Waals surface area contributed by atoms with E-state index in [4.69, 9.17) is 11.5 Å². The molecule has 4 N–H and O–H groups in total. The molecular formula is C11H25N3. The molecule has 0 aromatic rings. The maximum absolute atomic E-state index is 6.29. The fourth-order valence-corrected chi connectivity index (χ4v) is 2.51. The van der Waals surface area contributed by atoms with Crippen LogP contribution in [0.2, 0.25) is 0 Å². The maximum atomic E-state index is 6.29. The Morgan fingerprint density at radius 1 is 1.43 bits per heavy atom. The monoisotopic (exact) mass is 199 g/mol. The summed E-state index contributed by atoms with van der Waals surface area (Å²) in [4.78, 5) is 2.36. The van der Waals surface area contributed by atoms with Gasteiger partial charge in [0.15, 0.2) is 0 Å². The summed E-state index contributed by atoms with van der Waals surface area (Å²) in [7, 11) is 2.17. The largest absolute Gasteiger partial charge is 0.330 e. The molecular weight excluding hydrogens is 174 g/mol. The van der Waals surface area contributed by atoms with Crippen LogP contribution in [0.1, 0.15) is 20.3 Å². The lowest BCUT2D eigenvalue weighted by atomic mass is 9.81. The molecule has 84 valence electrons. The summed E-state index contributed by atoms with van der Waals surface area (Å²) in [5, 5.41) is 0. The quantitative estimate of drug-likeness (QED) is 0.693. The molecule has 3 atom stereocenters. The van der Waals surface area contributed by atoms with Crippen molar-refractivity contribution in [2.75, 3.05) is 26.7 Å². The lowest BCUT2D eigenvalue weighted by Gasteiger charge is -2.30. The SMILES string of the molecule is CC(C)C(CN)C(N)C1CCN(C)C1. The molecule has 3 heteroatoms. The van der Waals surface area contributed by atoms with Crippen LogP contribution in [0.5, 0.6) is 0 Å². The van der Waals surface area contributed by atoms with Crippen molar-refractivity contribution < 1.29 is 0 Å². The van der Waals surface area contributed by atoms with Crippen LogP contribution >= 0.6 is 0 Å². The number of rotatable bonds is 4. The van der Waals surface area contributed by atoms with E-state index < -0.39 is 0 Å². The predicted octanol–water partition coefficient (Wildman–Crippen LogP) is 0.496. The Kier molecular flexibility index (Phi) is 4.35. The first-order chi connectivity index (χ1) is 6.56. The summed E-state index contributed by atoms with van der Waals surface area (Å²) < 4.78 is 0. The minimum Gasteiger partial charge on any atom is -0.330 e. The minimum absolute atomic E-state index is 0.282. The molecule has 0 amide bonds. The van der Waals surface area contributed by atoms with Gasteiger partial charge in [0, 0.05) is 12.6 Å². The van der Waals surface area contributed by atoms with Crippen LogP contribution in [-0.2, 0) is 0 Å². The van der Waals surface area contributed by atoms with E-state index in [-0.39, 0.29) is 6.04 Å². The second kappa shape index (κ2) is 5.10. The first kappa shape index (κ1) is 12.0. The highest BCUT2D eigenvalue weighted by molar-refractivity contribution is 4.87. The van der Waals surface area contributed by atoms with Crippen molar-refractivity contribution >= 4 is 0 Å².